The van der Waals surface area contributed by atoms with Gasteiger partial charge in [0.05, 0.1) is 11.0 Å². The summed E-state index contributed by atoms with van der Waals surface area (Å²) in [5.41, 5.74) is 5.61. The molecule has 4 heteroatoms. The minimum Gasteiger partial charge on any atom is -0.392 e. The third-order valence-corrected chi connectivity index (χ3v) is 3.49. The molecule has 0 spiro atoms. The molecular formula is C9H20N2S2. The zero-order valence-electron chi connectivity index (χ0n) is 8.91. The molecule has 0 aliphatic carbocycles. The first-order chi connectivity index (χ1) is 6.04. The maximum atomic E-state index is 5.61. The summed E-state index contributed by atoms with van der Waals surface area (Å²) in [5, 5.41) is 0. The fraction of sp³-hybridized carbons (Fsp3) is 0.889. The molecule has 0 saturated carbocycles. The zero-order valence-corrected chi connectivity index (χ0v) is 10.5. The summed E-state index contributed by atoms with van der Waals surface area (Å²) >= 11 is 6.84. The number of thiocarbonyl (C=S) groups is 1. The lowest BCUT2D eigenvalue weighted by Gasteiger charge is -2.31. The number of rotatable bonds is 6. The van der Waals surface area contributed by atoms with Gasteiger partial charge in [0.1, 0.15) is 0 Å². The Bertz CT molecular complexity index is 162. The first-order valence-electron chi connectivity index (χ1n) is 4.54. The van der Waals surface area contributed by atoms with E-state index in [0.29, 0.717) is 11.0 Å². The van der Waals surface area contributed by atoms with Crippen LogP contribution >= 0.6 is 24.0 Å². The minimum absolute atomic E-state index is 0.201. The van der Waals surface area contributed by atoms with Crippen LogP contribution in [0, 0.1) is 0 Å². The highest BCUT2D eigenvalue weighted by molar-refractivity contribution is 7.98. The van der Waals surface area contributed by atoms with E-state index in [1.807, 2.05) is 11.8 Å². The van der Waals surface area contributed by atoms with Gasteiger partial charge in [-0.25, -0.2) is 0 Å². The molecule has 0 fully saturated rings. The molecule has 0 amide bonds. The first-order valence-corrected chi connectivity index (χ1v) is 6.35. The quantitative estimate of drug-likeness (QED) is 0.690. The standard InChI is InChI=1S/C9H20N2S2/c1-5-8(6-13-4)11(3)7(2)9(10)12/h7-8H,5-6H2,1-4H3,(H2,10,12). The van der Waals surface area contributed by atoms with Crippen molar-refractivity contribution < 1.29 is 0 Å². The van der Waals surface area contributed by atoms with Crippen LogP contribution in [0.15, 0.2) is 0 Å². The highest BCUT2D eigenvalue weighted by Gasteiger charge is 2.19. The Morgan fingerprint density at radius 2 is 2.15 bits per heavy atom. The highest BCUT2D eigenvalue weighted by Crippen LogP contribution is 2.11. The van der Waals surface area contributed by atoms with Crippen LogP contribution in [-0.4, -0.2) is 41.0 Å². The van der Waals surface area contributed by atoms with Crippen LogP contribution in [0.4, 0.5) is 0 Å². The summed E-state index contributed by atoms with van der Waals surface area (Å²) in [6, 6.07) is 0.776. The fourth-order valence-electron chi connectivity index (χ4n) is 1.23. The third kappa shape index (κ3) is 4.29. The van der Waals surface area contributed by atoms with Crippen molar-refractivity contribution in [3.05, 3.63) is 0 Å². The number of likely N-dealkylation sites (N-methyl/N-ethyl adjacent to an activating group) is 1. The van der Waals surface area contributed by atoms with E-state index >= 15 is 0 Å². The van der Waals surface area contributed by atoms with Gasteiger partial charge in [-0.2, -0.15) is 11.8 Å². The summed E-state index contributed by atoms with van der Waals surface area (Å²) in [6.07, 6.45) is 3.27. The maximum Gasteiger partial charge on any atom is 0.0899 e. The molecule has 2 N–H and O–H groups in total. The van der Waals surface area contributed by atoms with Gasteiger partial charge in [0, 0.05) is 11.8 Å². The number of nitrogens with two attached hydrogens (primary N) is 1. The first kappa shape index (κ1) is 13.2. The SMILES string of the molecule is CCC(CSC)N(C)C(C)C(N)=S. The predicted octanol–water partition coefficient (Wildman–Crippen LogP) is 1.73. The molecule has 13 heavy (non-hydrogen) atoms. The van der Waals surface area contributed by atoms with Gasteiger partial charge in [-0.15, -0.1) is 0 Å². The van der Waals surface area contributed by atoms with Crippen LogP contribution in [0.3, 0.4) is 0 Å². The van der Waals surface area contributed by atoms with Crippen molar-refractivity contribution >= 4 is 29.0 Å². The van der Waals surface area contributed by atoms with E-state index in [1.165, 1.54) is 0 Å². The third-order valence-electron chi connectivity index (χ3n) is 2.43. The van der Waals surface area contributed by atoms with E-state index in [0.717, 1.165) is 12.2 Å². The van der Waals surface area contributed by atoms with Crippen LogP contribution in [-0.2, 0) is 0 Å². The van der Waals surface area contributed by atoms with Crippen LogP contribution in [0.2, 0.25) is 0 Å². The molecule has 2 atom stereocenters. The average Bonchev–Trinajstić information content (AvgIpc) is 2.11. The van der Waals surface area contributed by atoms with E-state index in [4.69, 9.17) is 18.0 Å². The van der Waals surface area contributed by atoms with Gasteiger partial charge in [0.15, 0.2) is 0 Å². The molecule has 2 unspecified atom stereocenters. The van der Waals surface area contributed by atoms with Crippen molar-refractivity contribution in [1.29, 1.82) is 0 Å². The van der Waals surface area contributed by atoms with E-state index in [2.05, 4.69) is 32.1 Å². The molecule has 0 saturated heterocycles. The summed E-state index contributed by atoms with van der Waals surface area (Å²) in [7, 11) is 2.09. The fourth-order valence-corrected chi connectivity index (χ4v) is 2.25. The van der Waals surface area contributed by atoms with Crippen LogP contribution in [0.5, 0.6) is 0 Å². The predicted molar refractivity (Wildman–Crippen MR) is 66.5 cm³/mol. The smallest absolute Gasteiger partial charge is 0.0899 e. The monoisotopic (exact) mass is 220 g/mol. The van der Waals surface area contributed by atoms with Crippen molar-refractivity contribution in [2.45, 2.75) is 32.4 Å². The normalized spacial score (nSPS) is 15.8. The Balaban J connectivity index is 4.17. The zero-order chi connectivity index (χ0) is 10.4. The largest absolute Gasteiger partial charge is 0.392 e. The van der Waals surface area contributed by atoms with Crippen LogP contribution in [0.25, 0.3) is 0 Å². The highest BCUT2D eigenvalue weighted by atomic mass is 32.2. The van der Waals surface area contributed by atoms with Gasteiger partial charge in [-0.3, -0.25) is 4.90 Å². The summed E-state index contributed by atoms with van der Waals surface area (Å²) in [4.78, 5) is 2.85. The molecule has 2 nitrogen and oxygen atoms in total. The van der Waals surface area contributed by atoms with Gasteiger partial charge >= 0.3 is 0 Å². The average molecular weight is 220 g/mol. The molecule has 0 radical (unpaired) electrons. The number of thioether (sulfide) groups is 1. The van der Waals surface area contributed by atoms with Gasteiger partial charge in [-0.1, -0.05) is 19.1 Å². The van der Waals surface area contributed by atoms with E-state index in [9.17, 15) is 0 Å². The van der Waals surface area contributed by atoms with Gasteiger partial charge < -0.3 is 5.73 Å². The maximum absolute atomic E-state index is 5.61. The van der Waals surface area contributed by atoms with Gasteiger partial charge in [-0.05, 0) is 26.6 Å². The lowest BCUT2D eigenvalue weighted by Crippen LogP contribution is -2.45. The second-order valence-electron chi connectivity index (χ2n) is 3.26. The Morgan fingerprint density at radius 1 is 1.62 bits per heavy atom. The van der Waals surface area contributed by atoms with E-state index in [-0.39, 0.29) is 6.04 Å². The molecule has 0 rings (SSSR count). The van der Waals surface area contributed by atoms with E-state index in [1.54, 1.807) is 0 Å². The summed E-state index contributed by atoms with van der Waals surface area (Å²) in [6.45, 7) is 4.26. The molecule has 0 heterocycles. The Kier molecular flexibility index (Phi) is 6.73. The lowest BCUT2D eigenvalue weighted by atomic mass is 10.2. The topological polar surface area (TPSA) is 29.3 Å². The summed E-state index contributed by atoms with van der Waals surface area (Å²) in [5.74, 6) is 1.14. The molecule has 0 bridgehead atoms. The second kappa shape index (κ2) is 6.62. The molecule has 0 aromatic carbocycles. The molecule has 0 aliphatic heterocycles. The molecule has 78 valence electrons. The summed E-state index contributed by atoms with van der Waals surface area (Å²) < 4.78 is 0. The molecule has 0 aromatic rings. The van der Waals surface area contributed by atoms with Crippen molar-refractivity contribution in [1.82, 2.24) is 4.90 Å². The van der Waals surface area contributed by atoms with Crippen molar-refractivity contribution in [3.8, 4) is 0 Å². The Morgan fingerprint density at radius 3 is 2.46 bits per heavy atom. The number of hydrogen-bond acceptors (Lipinski definition) is 3. The van der Waals surface area contributed by atoms with Gasteiger partial charge in [0.2, 0.25) is 0 Å². The van der Waals surface area contributed by atoms with Crippen LogP contribution in [0.1, 0.15) is 20.3 Å². The number of hydrogen-bond donors (Lipinski definition) is 1. The van der Waals surface area contributed by atoms with E-state index < -0.39 is 0 Å². The second-order valence-corrected chi connectivity index (χ2v) is 4.64. The lowest BCUT2D eigenvalue weighted by molar-refractivity contribution is 0.237. The van der Waals surface area contributed by atoms with Gasteiger partial charge in [0.25, 0.3) is 0 Å². The Labute approximate surface area is 91.2 Å². The Hall–Kier alpha value is 0.200. The van der Waals surface area contributed by atoms with Crippen molar-refractivity contribution in [2.75, 3.05) is 19.1 Å². The van der Waals surface area contributed by atoms with Crippen LogP contribution < -0.4 is 5.73 Å². The molecular weight excluding hydrogens is 200 g/mol. The molecule has 0 aliphatic rings. The minimum atomic E-state index is 0.201. The van der Waals surface area contributed by atoms with Crippen molar-refractivity contribution in [2.24, 2.45) is 5.73 Å². The molecule has 0 aromatic heterocycles. The number of nitrogens with zero attached hydrogens (tertiary/aromatic N) is 1. The van der Waals surface area contributed by atoms with Crippen molar-refractivity contribution in [3.63, 3.8) is 0 Å².